The number of carbonyl (C=O) groups excluding carboxylic acids is 1. The second-order valence-electron chi connectivity index (χ2n) is 7.51. The summed E-state index contributed by atoms with van der Waals surface area (Å²) in [5.41, 5.74) is -0.0136. The molecule has 0 atom stereocenters. The van der Waals surface area contributed by atoms with E-state index in [4.69, 9.17) is 16.3 Å². The highest BCUT2D eigenvalue weighted by atomic mass is 127. The molecule has 0 fully saturated rings. The molecule has 0 spiro atoms. The maximum atomic E-state index is 14.2. The molecule has 186 valence electrons. The van der Waals surface area contributed by atoms with Crippen LogP contribution in [0.1, 0.15) is 18.1 Å². The van der Waals surface area contributed by atoms with Gasteiger partial charge < -0.3 is 4.74 Å². The second kappa shape index (κ2) is 10.6. The Morgan fingerprint density at radius 1 is 0.944 bits per heavy atom. The quantitative estimate of drug-likeness (QED) is 0.0888. The molecule has 0 saturated heterocycles. The zero-order valence-corrected chi connectivity index (χ0v) is 23.1. The largest absolute Gasteiger partial charge is 0.487 e. The van der Waals surface area contributed by atoms with Crippen LogP contribution >= 0.6 is 56.8 Å². The van der Waals surface area contributed by atoms with Gasteiger partial charge >= 0.3 is 0 Å². The first-order chi connectivity index (χ1) is 17.0. The number of hydrazone groups is 1. The minimum Gasteiger partial charge on any atom is -0.487 e. The third kappa shape index (κ3) is 5.09. The molecule has 0 saturated carbocycles. The van der Waals surface area contributed by atoms with Gasteiger partial charge in [0.15, 0.2) is 23.3 Å². The summed E-state index contributed by atoms with van der Waals surface area (Å²) < 4.78 is 76.6. The summed E-state index contributed by atoms with van der Waals surface area (Å²) in [6.07, 6.45) is 1.42. The summed E-state index contributed by atoms with van der Waals surface area (Å²) in [6, 6.07) is 10.6. The number of hydrogen-bond donors (Lipinski definition) is 0. The Bertz CT molecular complexity index is 1410. The minimum absolute atomic E-state index is 0.0389. The number of nitrogens with zero attached hydrogens (tertiary/aromatic N) is 2. The molecule has 0 unspecified atom stereocenters. The van der Waals surface area contributed by atoms with Gasteiger partial charge in [-0.3, -0.25) is 4.79 Å². The lowest BCUT2D eigenvalue weighted by Gasteiger charge is -2.15. The van der Waals surface area contributed by atoms with Crippen LogP contribution in [0.5, 0.6) is 5.75 Å². The average Bonchev–Trinajstić information content (AvgIpc) is 3.10. The van der Waals surface area contributed by atoms with Crippen molar-refractivity contribution in [2.24, 2.45) is 5.10 Å². The molecule has 0 aromatic heterocycles. The monoisotopic (exact) mass is 744 g/mol. The Morgan fingerprint density at radius 2 is 1.47 bits per heavy atom. The zero-order valence-electron chi connectivity index (χ0n) is 18.0. The van der Waals surface area contributed by atoms with Crippen molar-refractivity contribution in [2.45, 2.75) is 13.5 Å². The Kier molecular flexibility index (Phi) is 7.90. The number of halogens is 8. The van der Waals surface area contributed by atoms with Gasteiger partial charge in [-0.2, -0.15) is 10.1 Å². The van der Waals surface area contributed by atoms with Crippen molar-refractivity contribution >= 4 is 80.2 Å². The normalized spacial score (nSPS) is 14.6. The third-order valence-corrected chi connectivity index (χ3v) is 6.94. The van der Waals surface area contributed by atoms with E-state index in [2.05, 4.69) is 50.3 Å². The lowest BCUT2D eigenvalue weighted by Crippen LogP contribution is -2.25. The number of hydrogen-bond acceptors (Lipinski definition) is 3. The maximum absolute atomic E-state index is 14.2. The molecular weight excluding hydrogens is 733 g/mol. The SMILES string of the molecule is CC1=NN(c2c(F)c(F)c(F)c(F)c2F)C(=O)/C1=C/c1cc(I)c(OCc2ccc(Cl)cc2)c(I)c1. The van der Waals surface area contributed by atoms with Crippen molar-refractivity contribution in [3.8, 4) is 5.75 Å². The highest BCUT2D eigenvalue weighted by Crippen LogP contribution is 2.35. The molecule has 4 nitrogen and oxygen atoms in total. The molecule has 1 heterocycles. The Labute approximate surface area is 234 Å². The Morgan fingerprint density at radius 3 is 2.03 bits per heavy atom. The molecule has 12 heteroatoms. The first kappa shape index (κ1) is 26.8. The van der Waals surface area contributed by atoms with Gasteiger partial charge in [-0.1, -0.05) is 23.7 Å². The lowest BCUT2D eigenvalue weighted by molar-refractivity contribution is -0.114. The summed E-state index contributed by atoms with van der Waals surface area (Å²) in [5.74, 6) is -11.4. The van der Waals surface area contributed by atoms with Crippen molar-refractivity contribution in [3.05, 3.63) is 94.3 Å². The van der Waals surface area contributed by atoms with Gasteiger partial charge in [-0.05, 0) is 93.6 Å². The van der Waals surface area contributed by atoms with E-state index < -0.39 is 40.7 Å². The standard InChI is InChI=1S/C24H12ClF5I2N2O2/c1-10-14(24(35)34(33-10)22-20(29)18(27)17(26)19(28)21(22)30)6-12-7-15(31)23(16(32)8-12)36-9-11-2-4-13(25)5-3-11/h2-8H,9H2,1H3/b14-6+. The average molecular weight is 745 g/mol. The smallest absolute Gasteiger partial charge is 0.280 e. The van der Waals surface area contributed by atoms with Gasteiger partial charge in [-0.15, -0.1) is 0 Å². The fourth-order valence-electron chi connectivity index (χ4n) is 3.32. The van der Waals surface area contributed by atoms with Gasteiger partial charge in [0.25, 0.3) is 5.91 Å². The second-order valence-corrected chi connectivity index (χ2v) is 10.3. The van der Waals surface area contributed by atoms with Crippen LogP contribution < -0.4 is 9.75 Å². The van der Waals surface area contributed by atoms with Crippen LogP contribution in [0, 0.1) is 36.2 Å². The molecule has 1 amide bonds. The van der Waals surface area contributed by atoms with Gasteiger partial charge in [0.1, 0.15) is 18.0 Å². The number of anilines is 1. The van der Waals surface area contributed by atoms with Crippen molar-refractivity contribution in [3.63, 3.8) is 0 Å². The van der Waals surface area contributed by atoms with E-state index in [9.17, 15) is 26.7 Å². The van der Waals surface area contributed by atoms with Crippen LogP contribution in [0.2, 0.25) is 5.02 Å². The van der Waals surface area contributed by atoms with Crippen LogP contribution in [0.25, 0.3) is 6.08 Å². The number of ether oxygens (including phenoxy) is 1. The molecule has 3 aromatic rings. The number of benzene rings is 3. The number of amides is 1. The molecule has 4 rings (SSSR count). The van der Waals surface area contributed by atoms with Crippen molar-refractivity contribution < 1.29 is 31.5 Å². The lowest BCUT2D eigenvalue weighted by atomic mass is 10.1. The molecule has 0 radical (unpaired) electrons. The minimum atomic E-state index is -2.32. The predicted octanol–water partition coefficient (Wildman–Crippen LogP) is 7.63. The van der Waals surface area contributed by atoms with E-state index in [-0.39, 0.29) is 16.3 Å². The molecule has 0 bridgehead atoms. The van der Waals surface area contributed by atoms with Gasteiger partial charge in [0.2, 0.25) is 5.82 Å². The van der Waals surface area contributed by atoms with Crippen LogP contribution in [-0.2, 0) is 11.4 Å². The molecule has 1 aliphatic heterocycles. The van der Waals surface area contributed by atoms with Crippen molar-refractivity contribution in [1.29, 1.82) is 0 Å². The molecule has 36 heavy (non-hydrogen) atoms. The number of carbonyl (C=O) groups is 1. The summed E-state index contributed by atoms with van der Waals surface area (Å²) in [6.45, 7) is 1.68. The highest BCUT2D eigenvalue weighted by Gasteiger charge is 2.37. The van der Waals surface area contributed by atoms with Crippen LogP contribution in [0.15, 0.2) is 47.1 Å². The fraction of sp³-hybridized carbons (Fsp3) is 0.0833. The van der Waals surface area contributed by atoms with Crippen LogP contribution in [-0.4, -0.2) is 11.6 Å². The zero-order chi connectivity index (χ0) is 26.3. The van der Waals surface area contributed by atoms with Crippen LogP contribution in [0.4, 0.5) is 27.6 Å². The topological polar surface area (TPSA) is 41.9 Å². The molecule has 3 aromatic carbocycles. The third-order valence-electron chi connectivity index (χ3n) is 5.09. The van der Waals surface area contributed by atoms with Gasteiger partial charge in [0, 0.05) is 5.02 Å². The first-order valence-electron chi connectivity index (χ1n) is 9.99. The van der Waals surface area contributed by atoms with Crippen molar-refractivity contribution in [1.82, 2.24) is 0 Å². The van der Waals surface area contributed by atoms with E-state index in [1.165, 1.54) is 13.0 Å². The Hall–Kier alpha value is -2.26. The van der Waals surface area contributed by atoms with E-state index in [1.807, 2.05) is 12.1 Å². The summed E-state index contributed by atoms with van der Waals surface area (Å²) in [4.78, 5) is 12.9. The van der Waals surface area contributed by atoms with E-state index >= 15 is 0 Å². The van der Waals surface area contributed by atoms with E-state index in [1.54, 1.807) is 24.3 Å². The molecule has 0 N–H and O–H groups in total. The number of rotatable bonds is 5. The van der Waals surface area contributed by atoms with E-state index in [0.717, 1.165) is 12.7 Å². The molecule has 1 aliphatic rings. The predicted molar refractivity (Wildman–Crippen MR) is 142 cm³/mol. The van der Waals surface area contributed by atoms with Crippen molar-refractivity contribution in [2.75, 3.05) is 5.01 Å². The highest BCUT2D eigenvalue weighted by molar-refractivity contribution is 14.1. The van der Waals surface area contributed by atoms with Crippen LogP contribution in [0.3, 0.4) is 0 Å². The summed E-state index contributed by atoms with van der Waals surface area (Å²) >= 11 is 10.0. The van der Waals surface area contributed by atoms with Gasteiger partial charge in [0.05, 0.1) is 18.4 Å². The maximum Gasteiger partial charge on any atom is 0.280 e. The summed E-state index contributed by atoms with van der Waals surface area (Å²) in [7, 11) is 0. The van der Waals surface area contributed by atoms with E-state index in [0.29, 0.717) is 22.9 Å². The molecule has 0 aliphatic carbocycles. The fourth-order valence-corrected chi connectivity index (χ4v) is 5.57. The van der Waals surface area contributed by atoms with Gasteiger partial charge in [-0.25, -0.2) is 22.0 Å². The summed E-state index contributed by atoms with van der Waals surface area (Å²) in [5, 5.41) is 4.53. The Balaban J connectivity index is 1.62. The molecular formula is C24H12ClF5I2N2O2. The first-order valence-corrected chi connectivity index (χ1v) is 12.5.